The van der Waals surface area contributed by atoms with Crippen LogP contribution in [0.3, 0.4) is 0 Å². The van der Waals surface area contributed by atoms with Crippen LogP contribution in [0.1, 0.15) is 33.7 Å². The molecule has 0 spiro atoms. The Morgan fingerprint density at radius 3 is 2.55 bits per heavy atom. The number of ether oxygens (including phenoxy) is 1. The predicted octanol–water partition coefficient (Wildman–Crippen LogP) is 3.14. The molecule has 0 atom stereocenters. The highest BCUT2D eigenvalue weighted by Crippen LogP contribution is 2.32. The number of aromatic nitrogens is 2. The van der Waals surface area contributed by atoms with Gasteiger partial charge in [0, 0.05) is 44.3 Å². The molecule has 4 rings (SSSR count). The Hall–Kier alpha value is -2.79. The van der Waals surface area contributed by atoms with E-state index in [0.717, 1.165) is 25.2 Å². The number of alkyl halides is 3. The first-order chi connectivity index (χ1) is 15.7. The zero-order chi connectivity index (χ0) is 23.6. The molecule has 0 aliphatic carbocycles. The van der Waals surface area contributed by atoms with Crippen LogP contribution in [0.2, 0.25) is 5.02 Å². The van der Waals surface area contributed by atoms with Crippen molar-refractivity contribution in [1.29, 1.82) is 0 Å². The Morgan fingerprint density at radius 1 is 1.06 bits per heavy atom. The number of carbonyl (C=O) groups is 2. The largest absolute Gasteiger partial charge is 0.445 e. The van der Waals surface area contributed by atoms with Gasteiger partial charge in [-0.1, -0.05) is 11.6 Å². The molecule has 0 bridgehead atoms. The van der Waals surface area contributed by atoms with Crippen molar-refractivity contribution in [2.24, 2.45) is 0 Å². The lowest BCUT2D eigenvalue weighted by Gasteiger charge is -2.26. The number of carbonyl (C=O) groups excluding carboxylic acids is 2. The summed E-state index contributed by atoms with van der Waals surface area (Å²) in [5.41, 5.74) is 0.277. The number of piperazine rings is 1. The maximum Gasteiger partial charge on any atom is 0.416 e. The second-order valence-corrected chi connectivity index (χ2v) is 8.40. The Labute approximate surface area is 193 Å². The van der Waals surface area contributed by atoms with Crippen LogP contribution in [0, 0.1) is 0 Å². The van der Waals surface area contributed by atoms with E-state index >= 15 is 0 Å². The van der Waals surface area contributed by atoms with Crippen molar-refractivity contribution in [3.05, 3.63) is 51.8 Å². The van der Waals surface area contributed by atoms with Gasteiger partial charge in [-0.2, -0.15) is 18.3 Å². The number of amides is 2. The molecular formula is C21H23ClF3N5O3. The molecule has 8 nitrogen and oxygen atoms in total. The third-order valence-electron chi connectivity index (χ3n) is 5.54. The number of halogens is 4. The lowest BCUT2D eigenvalue weighted by Crippen LogP contribution is -2.46. The summed E-state index contributed by atoms with van der Waals surface area (Å²) < 4.78 is 45.9. The van der Waals surface area contributed by atoms with Gasteiger partial charge in [-0.25, -0.2) is 4.79 Å². The third kappa shape index (κ3) is 5.59. The first-order valence-electron chi connectivity index (χ1n) is 10.6. The summed E-state index contributed by atoms with van der Waals surface area (Å²) in [6, 6.07) is 4.74. The SMILES string of the molecule is O=C(OCc1cc(Cl)cc(C(F)(F)F)c1)N1CCCn2nc(C(=O)N3CCNCC3)cc2C1. The molecule has 2 aromatic rings. The normalized spacial score (nSPS) is 16.8. The van der Waals surface area contributed by atoms with Gasteiger partial charge in [-0.15, -0.1) is 0 Å². The molecule has 3 heterocycles. The van der Waals surface area contributed by atoms with Crippen LogP contribution >= 0.6 is 11.6 Å². The molecule has 1 saturated heterocycles. The van der Waals surface area contributed by atoms with Crippen molar-refractivity contribution in [2.45, 2.75) is 32.3 Å². The zero-order valence-electron chi connectivity index (χ0n) is 17.7. The number of nitrogens with zero attached hydrogens (tertiary/aromatic N) is 4. The Kier molecular flexibility index (Phi) is 6.80. The summed E-state index contributed by atoms with van der Waals surface area (Å²) in [7, 11) is 0. The van der Waals surface area contributed by atoms with Crippen LogP contribution in [0.25, 0.3) is 0 Å². The molecule has 1 aromatic carbocycles. The number of fused-ring (bicyclic) bond motifs is 1. The molecule has 2 amide bonds. The molecule has 1 N–H and O–H groups in total. The van der Waals surface area contributed by atoms with E-state index in [1.54, 1.807) is 15.6 Å². The zero-order valence-corrected chi connectivity index (χ0v) is 18.5. The lowest BCUT2D eigenvalue weighted by atomic mass is 10.1. The highest BCUT2D eigenvalue weighted by molar-refractivity contribution is 6.30. The van der Waals surface area contributed by atoms with Gasteiger partial charge in [0.1, 0.15) is 6.61 Å². The van der Waals surface area contributed by atoms with E-state index in [4.69, 9.17) is 16.3 Å². The van der Waals surface area contributed by atoms with Crippen LogP contribution in [0.15, 0.2) is 24.3 Å². The Bertz CT molecular complexity index is 1040. The van der Waals surface area contributed by atoms with Crippen LogP contribution in [-0.2, 0) is 30.6 Å². The quantitative estimate of drug-likeness (QED) is 0.722. The van der Waals surface area contributed by atoms with E-state index in [9.17, 15) is 22.8 Å². The van der Waals surface area contributed by atoms with Crippen LogP contribution in [0.5, 0.6) is 0 Å². The maximum absolute atomic E-state index is 13.0. The number of hydrogen-bond acceptors (Lipinski definition) is 5. The highest BCUT2D eigenvalue weighted by atomic mass is 35.5. The van der Waals surface area contributed by atoms with Crippen molar-refractivity contribution in [2.75, 3.05) is 32.7 Å². The van der Waals surface area contributed by atoms with E-state index < -0.39 is 17.8 Å². The standard InChI is InChI=1S/C21H23ClF3N5O3/c22-16-9-14(8-15(10-16)21(23,24)25)13-33-20(32)29-4-1-5-30-17(12-29)11-18(27-30)19(31)28-6-2-26-3-7-28/h8-11,26H,1-7,12-13H2. The van der Waals surface area contributed by atoms with Crippen molar-refractivity contribution in [3.8, 4) is 0 Å². The van der Waals surface area contributed by atoms with Crippen molar-refractivity contribution in [1.82, 2.24) is 24.9 Å². The summed E-state index contributed by atoms with van der Waals surface area (Å²) in [5, 5.41) is 7.53. The van der Waals surface area contributed by atoms with Crippen molar-refractivity contribution in [3.63, 3.8) is 0 Å². The highest BCUT2D eigenvalue weighted by Gasteiger charge is 2.31. The summed E-state index contributed by atoms with van der Waals surface area (Å²) in [6.07, 6.45) is -4.61. The smallest absolute Gasteiger partial charge is 0.416 e. The third-order valence-corrected chi connectivity index (χ3v) is 5.76. The fourth-order valence-electron chi connectivity index (χ4n) is 3.89. The Morgan fingerprint density at radius 2 is 1.82 bits per heavy atom. The summed E-state index contributed by atoms with van der Waals surface area (Å²) in [5.74, 6) is -0.146. The first kappa shape index (κ1) is 23.4. The van der Waals surface area contributed by atoms with Gasteiger partial charge in [-0.3, -0.25) is 9.48 Å². The summed E-state index contributed by atoms with van der Waals surface area (Å²) in [4.78, 5) is 28.5. The second kappa shape index (κ2) is 9.60. The fraction of sp³-hybridized carbons (Fsp3) is 0.476. The number of hydrogen-bond donors (Lipinski definition) is 1. The number of benzene rings is 1. The molecule has 1 fully saturated rings. The summed E-state index contributed by atoms with van der Waals surface area (Å²) >= 11 is 5.79. The maximum atomic E-state index is 13.0. The van der Waals surface area contributed by atoms with Gasteiger partial charge >= 0.3 is 12.3 Å². The van der Waals surface area contributed by atoms with Gasteiger partial charge in [0.15, 0.2) is 5.69 Å². The molecule has 1 aromatic heterocycles. The topological polar surface area (TPSA) is 79.7 Å². The fourth-order valence-corrected chi connectivity index (χ4v) is 4.14. The molecule has 0 saturated carbocycles. The molecule has 0 radical (unpaired) electrons. The number of aryl methyl sites for hydroxylation is 1. The van der Waals surface area contributed by atoms with E-state index in [0.29, 0.717) is 44.0 Å². The van der Waals surface area contributed by atoms with Gasteiger partial charge in [0.05, 0.1) is 17.8 Å². The average molecular weight is 486 g/mol. The minimum atomic E-state index is -4.55. The summed E-state index contributed by atoms with van der Waals surface area (Å²) in [6.45, 7) is 3.46. The Balaban J connectivity index is 1.41. The van der Waals surface area contributed by atoms with E-state index in [-0.39, 0.29) is 29.6 Å². The van der Waals surface area contributed by atoms with E-state index in [2.05, 4.69) is 10.4 Å². The van der Waals surface area contributed by atoms with E-state index in [1.807, 2.05) is 0 Å². The molecule has 2 aliphatic heterocycles. The first-order valence-corrected chi connectivity index (χ1v) is 10.9. The molecule has 178 valence electrons. The van der Waals surface area contributed by atoms with Gasteiger partial charge < -0.3 is 19.9 Å². The number of rotatable bonds is 3. The molecule has 0 unspecified atom stereocenters. The minimum absolute atomic E-state index is 0.0868. The van der Waals surface area contributed by atoms with Gasteiger partial charge in [0.2, 0.25) is 0 Å². The molecule has 33 heavy (non-hydrogen) atoms. The van der Waals surface area contributed by atoms with Gasteiger partial charge in [0.25, 0.3) is 5.91 Å². The van der Waals surface area contributed by atoms with Crippen LogP contribution < -0.4 is 5.32 Å². The van der Waals surface area contributed by atoms with Crippen LogP contribution in [0.4, 0.5) is 18.0 Å². The van der Waals surface area contributed by atoms with Crippen molar-refractivity contribution >= 4 is 23.6 Å². The molecule has 12 heteroatoms. The second-order valence-electron chi connectivity index (χ2n) is 7.96. The minimum Gasteiger partial charge on any atom is -0.445 e. The van der Waals surface area contributed by atoms with Crippen LogP contribution in [-0.4, -0.2) is 64.3 Å². The molecular weight excluding hydrogens is 463 g/mol. The van der Waals surface area contributed by atoms with Crippen molar-refractivity contribution < 1.29 is 27.5 Å². The van der Waals surface area contributed by atoms with Gasteiger partial charge in [-0.05, 0) is 36.2 Å². The monoisotopic (exact) mass is 485 g/mol. The average Bonchev–Trinajstić information content (AvgIpc) is 3.08. The number of nitrogens with one attached hydrogen (secondary N) is 1. The predicted molar refractivity (Wildman–Crippen MR) is 113 cm³/mol. The lowest BCUT2D eigenvalue weighted by molar-refractivity contribution is -0.137. The van der Waals surface area contributed by atoms with E-state index in [1.165, 1.54) is 11.0 Å². The molecule has 2 aliphatic rings.